The van der Waals surface area contributed by atoms with E-state index in [0.29, 0.717) is 17.5 Å². The van der Waals surface area contributed by atoms with E-state index >= 15 is 0 Å². The van der Waals surface area contributed by atoms with E-state index in [1.54, 1.807) is 23.2 Å². The molecular weight excluding hydrogens is 655 g/mol. The summed E-state index contributed by atoms with van der Waals surface area (Å²) in [7, 11) is 3.60. The first-order valence-electron chi connectivity index (χ1n) is 17.5. The van der Waals surface area contributed by atoms with Gasteiger partial charge < -0.3 is 4.42 Å². The molecule has 0 spiro atoms. The van der Waals surface area contributed by atoms with Gasteiger partial charge in [-0.3, -0.25) is 9.13 Å². The zero-order chi connectivity index (χ0) is 35.6. The highest BCUT2D eigenvalue weighted by Gasteiger charge is 2.16. The summed E-state index contributed by atoms with van der Waals surface area (Å²) in [5, 5.41) is 4.46. The monoisotopic (exact) mass is 685 g/mol. The van der Waals surface area contributed by atoms with Crippen molar-refractivity contribution < 1.29 is 4.42 Å². The first-order valence-corrected chi connectivity index (χ1v) is 17.5. The van der Waals surface area contributed by atoms with Crippen LogP contribution in [0.2, 0.25) is 0 Å². The van der Waals surface area contributed by atoms with Crippen LogP contribution in [0, 0.1) is 0 Å². The Morgan fingerprint density at radius 2 is 1.02 bits per heavy atom. The first kappa shape index (κ1) is 30.7. The number of furan rings is 1. The number of hydrogen-bond donors (Lipinski definition) is 0. The number of rotatable bonds is 5. The van der Waals surface area contributed by atoms with Crippen molar-refractivity contribution in [1.29, 1.82) is 0 Å². The number of imidazole rings is 1. The van der Waals surface area contributed by atoms with Gasteiger partial charge >= 0.3 is 5.69 Å². The molecule has 0 saturated carbocycles. The lowest BCUT2D eigenvalue weighted by Crippen LogP contribution is -2.19. The van der Waals surface area contributed by atoms with Crippen LogP contribution >= 0.6 is 0 Å². The van der Waals surface area contributed by atoms with E-state index in [9.17, 15) is 4.79 Å². The predicted octanol–water partition coefficient (Wildman–Crippen LogP) is 10.4. The van der Waals surface area contributed by atoms with Gasteiger partial charge in [0, 0.05) is 46.9 Å². The molecule has 10 rings (SSSR count). The van der Waals surface area contributed by atoms with E-state index in [1.165, 1.54) is 0 Å². The van der Waals surface area contributed by atoms with Gasteiger partial charge in [0.1, 0.15) is 11.2 Å². The smallest absolute Gasteiger partial charge is 0.328 e. The highest BCUT2D eigenvalue weighted by Crippen LogP contribution is 2.37. The summed E-state index contributed by atoms with van der Waals surface area (Å²) in [5.41, 5.74) is 10.4. The van der Waals surface area contributed by atoms with Crippen LogP contribution in [0.1, 0.15) is 0 Å². The Labute approximate surface area is 304 Å². The Hall–Kier alpha value is -7.12. The van der Waals surface area contributed by atoms with Crippen molar-refractivity contribution in [3.8, 4) is 56.4 Å². The average molecular weight is 686 g/mol. The fraction of sp³-hybridized carbons (Fsp3) is 0.0435. The van der Waals surface area contributed by atoms with Gasteiger partial charge in [-0.1, -0.05) is 115 Å². The second-order valence-electron chi connectivity index (χ2n) is 13.4. The maximum Gasteiger partial charge on any atom is 0.328 e. The predicted molar refractivity (Wildman–Crippen MR) is 214 cm³/mol. The van der Waals surface area contributed by atoms with Crippen LogP contribution < -0.4 is 5.69 Å². The molecule has 252 valence electrons. The molecule has 0 N–H and O–H groups in total. The summed E-state index contributed by atoms with van der Waals surface area (Å²) in [6.45, 7) is 0. The summed E-state index contributed by atoms with van der Waals surface area (Å²) in [4.78, 5) is 27.5. The fourth-order valence-electron chi connectivity index (χ4n) is 7.37. The third kappa shape index (κ3) is 5.13. The molecule has 0 aliphatic heterocycles. The summed E-state index contributed by atoms with van der Waals surface area (Å²) in [5.74, 6) is 1.79. The van der Waals surface area contributed by atoms with Gasteiger partial charge in [0.25, 0.3) is 0 Å². The normalized spacial score (nSPS) is 11.7. The van der Waals surface area contributed by atoms with E-state index in [0.717, 1.165) is 82.7 Å². The molecule has 7 aromatic carbocycles. The van der Waals surface area contributed by atoms with Crippen LogP contribution in [0.3, 0.4) is 0 Å². The minimum Gasteiger partial charge on any atom is -0.455 e. The van der Waals surface area contributed by atoms with Crippen molar-refractivity contribution in [2.24, 2.45) is 14.1 Å². The number of aryl methyl sites for hydroxylation is 2. The molecule has 7 nitrogen and oxygen atoms in total. The highest BCUT2D eigenvalue weighted by atomic mass is 16.3. The van der Waals surface area contributed by atoms with Crippen molar-refractivity contribution >= 4 is 43.7 Å². The van der Waals surface area contributed by atoms with Crippen molar-refractivity contribution in [2.75, 3.05) is 0 Å². The molecule has 3 heterocycles. The standard InChI is InChI=1S/C46H31N5O2/c1-50-39-23-20-34(27-40(39)51(2)46(50)52)28-15-17-31(18-16-28)44-47-43(30-10-4-3-5-11-30)48-45(49-44)35-13-8-12-32(25-35)33-21-24-41-38(26-33)37-22-19-29-9-6-7-14-36(29)42(37)53-41/h3-27H,1-2H3. The Kier molecular flexibility index (Phi) is 6.94. The lowest BCUT2D eigenvalue weighted by Gasteiger charge is -2.10. The fourth-order valence-corrected chi connectivity index (χ4v) is 7.37. The van der Waals surface area contributed by atoms with Gasteiger partial charge in [-0.15, -0.1) is 0 Å². The van der Waals surface area contributed by atoms with Gasteiger partial charge in [0.05, 0.1) is 11.0 Å². The maximum atomic E-state index is 12.5. The van der Waals surface area contributed by atoms with Crippen LogP contribution in [0.4, 0.5) is 0 Å². The van der Waals surface area contributed by atoms with Crippen molar-refractivity contribution in [1.82, 2.24) is 24.1 Å². The van der Waals surface area contributed by atoms with Gasteiger partial charge in [-0.25, -0.2) is 19.7 Å². The number of nitrogens with zero attached hydrogens (tertiary/aromatic N) is 5. The average Bonchev–Trinajstić information content (AvgIpc) is 3.71. The van der Waals surface area contributed by atoms with Crippen molar-refractivity contribution in [3.63, 3.8) is 0 Å². The van der Waals surface area contributed by atoms with Gasteiger partial charge in [0.2, 0.25) is 0 Å². The Morgan fingerprint density at radius 3 is 1.83 bits per heavy atom. The molecule has 0 radical (unpaired) electrons. The lowest BCUT2D eigenvalue weighted by molar-refractivity contribution is 0.672. The number of hydrogen-bond acceptors (Lipinski definition) is 5. The molecule has 0 saturated heterocycles. The largest absolute Gasteiger partial charge is 0.455 e. The minimum absolute atomic E-state index is 0.0422. The molecular formula is C46H31N5O2. The number of fused-ring (bicyclic) bond motifs is 6. The van der Waals surface area contributed by atoms with Crippen LogP contribution in [-0.4, -0.2) is 24.1 Å². The van der Waals surface area contributed by atoms with E-state index in [-0.39, 0.29) is 5.69 Å². The summed E-state index contributed by atoms with van der Waals surface area (Å²) < 4.78 is 9.73. The topological polar surface area (TPSA) is 78.7 Å². The quantitative estimate of drug-likeness (QED) is 0.180. The van der Waals surface area contributed by atoms with Gasteiger partial charge in [-0.05, 0) is 64.0 Å². The zero-order valence-electron chi connectivity index (χ0n) is 29.0. The van der Waals surface area contributed by atoms with Gasteiger partial charge in [0.15, 0.2) is 17.5 Å². The summed E-state index contributed by atoms with van der Waals surface area (Å²) in [6, 6.07) is 51.7. The maximum absolute atomic E-state index is 12.5. The van der Waals surface area contributed by atoms with Crippen LogP contribution in [0.15, 0.2) is 161 Å². The molecule has 0 atom stereocenters. The second kappa shape index (κ2) is 12.0. The van der Waals surface area contributed by atoms with Crippen LogP contribution in [0.25, 0.3) is 100 Å². The van der Waals surface area contributed by atoms with E-state index < -0.39 is 0 Å². The van der Waals surface area contributed by atoms with Gasteiger partial charge in [-0.2, -0.15) is 0 Å². The molecule has 0 fully saturated rings. The van der Waals surface area contributed by atoms with Crippen LogP contribution in [-0.2, 0) is 14.1 Å². The second-order valence-corrected chi connectivity index (χ2v) is 13.4. The molecule has 3 aromatic heterocycles. The highest BCUT2D eigenvalue weighted by molar-refractivity contribution is 6.15. The molecule has 7 heteroatoms. The third-order valence-electron chi connectivity index (χ3n) is 10.2. The molecule has 53 heavy (non-hydrogen) atoms. The molecule has 10 aromatic rings. The molecule has 0 aliphatic rings. The first-order chi connectivity index (χ1) is 26.0. The van der Waals surface area contributed by atoms with E-state index in [2.05, 4.69) is 91.0 Å². The Morgan fingerprint density at radius 1 is 0.434 bits per heavy atom. The van der Waals surface area contributed by atoms with E-state index in [1.807, 2.05) is 60.7 Å². The molecule has 0 unspecified atom stereocenters. The zero-order valence-corrected chi connectivity index (χ0v) is 29.0. The Balaban J connectivity index is 1.05. The molecule has 0 bridgehead atoms. The van der Waals surface area contributed by atoms with Crippen molar-refractivity contribution in [3.05, 3.63) is 162 Å². The molecule has 0 amide bonds. The van der Waals surface area contributed by atoms with E-state index in [4.69, 9.17) is 19.4 Å². The van der Waals surface area contributed by atoms with Crippen LogP contribution in [0.5, 0.6) is 0 Å². The minimum atomic E-state index is -0.0422. The number of aromatic nitrogens is 5. The summed E-state index contributed by atoms with van der Waals surface area (Å²) in [6.07, 6.45) is 0. The molecule has 0 aliphatic carbocycles. The van der Waals surface area contributed by atoms with Crippen molar-refractivity contribution in [2.45, 2.75) is 0 Å². The summed E-state index contributed by atoms with van der Waals surface area (Å²) >= 11 is 0. The Bertz CT molecular complexity index is 3100. The number of benzene rings is 7. The SMILES string of the molecule is Cn1c(=O)n(C)c2cc(-c3ccc(-c4nc(-c5ccccc5)nc(-c5cccc(-c6ccc7oc8c9ccccc9ccc8c7c6)c5)n4)cc3)ccc21. The third-order valence-corrected chi connectivity index (χ3v) is 10.2. The lowest BCUT2D eigenvalue weighted by atomic mass is 10.00.